The number of rotatable bonds is 10. The number of carbonyl (C=O) groups excluding carboxylic acids is 3. The molecule has 4 N–H and O–H groups in total. The zero-order valence-electron chi connectivity index (χ0n) is 32.9. The number of sulfonamides is 1. The molecule has 5 heterocycles. The van der Waals surface area contributed by atoms with Crippen molar-refractivity contribution in [2.45, 2.75) is 77.5 Å². The molecule has 3 aromatic carbocycles. The summed E-state index contributed by atoms with van der Waals surface area (Å²) in [5.41, 5.74) is 4.54. The minimum absolute atomic E-state index is 0.118. The number of aromatic amines is 2. The molecule has 4 atom stereocenters. The molecule has 3 aromatic heterocycles. The molecule has 0 radical (unpaired) electrons. The van der Waals surface area contributed by atoms with Crippen LogP contribution in [0.15, 0.2) is 48.5 Å². The van der Waals surface area contributed by atoms with E-state index in [0.717, 1.165) is 91.1 Å². The number of hydrogen-bond acceptors (Lipinski definition) is 9. The summed E-state index contributed by atoms with van der Waals surface area (Å²) in [4.78, 5) is 61.3. The van der Waals surface area contributed by atoms with Gasteiger partial charge in [-0.2, -0.15) is 0 Å². The van der Waals surface area contributed by atoms with E-state index in [1.54, 1.807) is 16.2 Å². The molecule has 14 nitrogen and oxygen atoms in total. The van der Waals surface area contributed by atoms with Gasteiger partial charge in [0.05, 0.1) is 46.7 Å². The minimum atomic E-state index is -3.58. The van der Waals surface area contributed by atoms with Crippen molar-refractivity contribution >= 4 is 82.2 Å². The molecule has 57 heavy (non-hydrogen) atoms. The first kappa shape index (κ1) is 38.8. The van der Waals surface area contributed by atoms with Gasteiger partial charge in [-0.15, -0.1) is 11.3 Å². The van der Waals surface area contributed by atoms with E-state index in [2.05, 4.69) is 56.4 Å². The highest BCUT2D eigenvalue weighted by molar-refractivity contribution is 7.88. The highest BCUT2D eigenvalue weighted by Gasteiger charge is 2.39. The molecule has 8 rings (SSSR count). The van der Waals surface area contributed by atoms with Gasteiger partial charge in [-0.05, 0) is 78.1 Å². The molecule has 0 aliphatic carbocycles. The van der Waals surface area contributed by atoms with Crippen molar-refractivity contribution in [1.29, 1.82) is 0 Å². The van der Waals surface area contributed by atoms with E-state index in [1.807, 2.05) is 44.7 Å². The Morgan fingerprint density at radius 3 is 1.98 bits per heavy atom. The maximum absolute atomic E-state index is 13.7. The second kappa shape index (κ2) is 15.0. The van der Waals surface area contributed by atoms with Crippen LogP contribution in [-0.2, 0) is 24.3 Å². The number of H-pyrrole nitrogens is 2. The van der Waals surface area contributed by atoms with E-state index in [4.69, 9.17) is 14.7 Å². The molecule has 0 bridgehead atoms. The standard InChI is InChI=1S/C41H48N8O6S2/c1-21(2)32(46-41(52)55-5)39(50)48-17-7-9-29(48)37-42-27-15-12-23-19-24(11-14-26(23)34(27)44-37)31-20-25-13-16-28-35(36(25)56-31)45-38(43-28)30-10-8-18-49(30)40(51)33(22(3)4)47-57(6,53)54/h11-16,19-22,29-30,32-33,47H,7-10,17-18H2,1-6H3,(H,42,44)(H,43,45)(H,46,52)/t29-,30-,32-,33-/m0/s1. The number of nitrogens with one attached hydrogen (secondary N) is 4. The van der Waals surface area contributed by atoms with Crippen LogP contribution in [0.3, 0.4) is 0 Å². The molecular formula is C41H48N8O6S2. The molecule has 2 aliphatic heterocycles. The molecule has 0 unspecified atom stereocenters. The number of methoxy groups -OCH3 is 1. The summed E-state index contributed by atoms with van der Waals surface area (Å²) in [7, 11) is -2.29. The first-order valence-corrected chi connectivity index (χ1v) is 22.2. The number of ether oxygens (including phenoxy) is 1. The van der Waals surface area contributed by atoms with Crippen LogP contribution in [0.1, 0.15) is 77.1 Å². The molecule has 2 fully saturated rings. The third-order valence-corrected chi connectivity index (χ3v) is 13.2. The fraction of sp³-hybridized carbons (Fsp3) is 0.439. The number of aromatic nitrogens is 4. The van der Waals surface area contributed by atoms with Crippen LogP contribution in [0.4, 0.5) is 4.79 Å². The zero-order chi connectivity index (χ0) is 40.3. The van der Waals surface area contributed by atoms with Crippen LogP contribution < -0.4 is 10.0 Å². The van der Waals surface area contributed by atoms with Gasteiger partial charge in [0.25, 0.3) is 0 Å². The van der Waals surface area contributed by atoms with Crippen molar-refractivity contribution in [2.75, 3.05) is 26.5 Å². The van der Waals surface area contributed by atoms with Gasteiger partial charge in [0, 0.05) is 23.4 Å². The molecule has 16 heteroatoms. The summed E-state index contributed by atoms with van der Waals surface area (Å²) in [5, 5.41) is 5.83. The van der Waals surface area contributed by atoms with Gasteiger partial charge in [0.2, 0.25) is 21.8 Å². The van der Waals surface area contributed by atoms with Gasteiger partial charge in [-0.1, -0.05) is 52.0 Å². The lowest BCUT2D eigenvalue weighted by Gasteiger charge is -2.29. The van der Waals surface area contributed by atoms with Gasteiger partial charge in [-0.3, -0.25) is 9.59 Å². The number of alkyl carbamates (subject to hydrolysis) is 1. The number of likely N-dealkylation sites (tertiary alicyclic amines) is 2. The Kier molecular flexibility index (Phi) is 10.2. The lowest BCUT2D eigenvalue weighted by atomic mass is 10.0. The fourth-order valence-corrected chi connectivity index (χ4v) is 10.4. The average molecular weight is 813 g/mol. The Labute approximate surface area is 334 Å². The van der Waals surface area contributed by atoms with E-state index >= 15 is 0 Å². The van der Waals surface area contributed by atoms with Crippen molar-refractivity contribution in [1.82, 2.24) is 39.8 Å². The zero-order valence-corrected chi connectivity index (χ0v) is 34.5. The maximum atomic E-state index is 13.7. The maximum Gasteiger partial charge on any atom is 0.407 e. The summed E-state index contributed by atoms with van der Waals surface area (Å²) in [6.45, 7) is 8.61. The van der Waals surface area contributed by atoms with Crippen LogP contribution in [0.5, 0.6) is 0 Å². The van der Waals surface area contributed by atoms with Crippen molar-refractivity contribution in [3.05, 3.63) is 60.2 Å². The van der Waals surface area contributed by atoms with Crippen molar-refractivity contribution in [3.8, 4) is 10.4 Å². The Morgan fingerprint density at radius 2 is 1.39 bits per heavy atom. The Bertz CT molecular complexity index is 2650. The number of thiophene rings is 1. The topological polar surface area (TPSA) is 182 Å². The molecule has 2 aliphatic rings. The van der Waals surface area contributed by atoms with Crippen molar-refractivity contribution in [2.24, 2.45) is 11.8 Å². The fourth-order valence-electron chi connectivity index (χ4n) is 8.41. The van der Waals surface area contributed by atoms with Crippen LogP contribution in [0.2, 0.25) is 0 Å². The van der Waals surface area contributed by atoms with Crippen LogP contribution in [-0.4, -0.2) is 94.6 Å². The minimum Gasteiger partial charge on any atom is -0.453 e. The van der Waals surface area contributed by atoms with Gasteiger partial charge in [0.15, 0.2) is 0 Å². The van der Waals surface area contributed by atoms with Gasteiger partial charge >= 0.3 is 6.09 Å². The first-order chi connectivity index (χ1) is 27.2. The number of nitrogens with zero attached hydrogens (tertiary/aromatic N) is 4. The van der Waals surface area contributed by atoms with Crippen LogP contribution >= 0.6 is 11.3 Å². The third kappa shape index (κ3) is 7.34. The van der Waals surface area contributed by atoms with Crippen molar-refractivity contribution in [3.63, 3.8) is 0 Å². The highest BCUT2D eigenvalue weighted by atomic mass is 32.2. The SMILES string of the molecule is COC(=O)N[C@H](C(=O)N1CCC[C@H]1c1nc2c(ccc3cc(-c4cc5ccc6[nH]c([C@@H]7CCCN7C(=O)[C@@H](NS(C)(=O)=O)C(C)C)nc6c5s4)ccc32)[nH]1)C(C)C. The first-order valence-electron chi connectivity index (χ1n) is 19.5. The number of benzene rings is 3. The second-order valence-electron chi connectivity index (χ2n) is 16.0. The quantitative estimate of drug-likeness (QED) is 0.117. The summed E-state index contributed by atoms with van der Waals surface area (Å²) in [6.07, 6.45) is 3.60. The Morgan fingerprint density at radius 1 is 0.807 bits per heavy atom. The Balaban J connectivity index is 1.07. The van der Waals surface area contributed by atoms with E-state index in [1.165, 1.54) is 7.11 Å². The van der Waals surface area contributed by atoms with Gasteiger partial charge in [0.1, 0.15) is 29.2 Å². The van der Waals surface area contributed by atoms with Crippen molar-refractivity contribution < 1.29 is 27.5 Å². The number of imidazole rings is 2. The molecular weight excluding hydrogens is 765 g/mol. The largest absolute Gasteiger partial charge is 0.453 e. The number of hydrogen-bond donors (Lipinski definition) is 4. The summed E-state index contributed by atoms with van der Waals surface area (Å²) in [6, 6.07) is 14.7. The molecule has 3 amide bonds. The van der Waals surface area contributed by atoms with Gasteiger partial charge < -0.3 is 29.8 Å². The molecule has 2 saturated heterocycles. The predicted octanol–water partition coefficient (Wildman–Crippen LogP) is 6.76. The molecule has 0 saturated carbocycles. The smallest absolute Gasteiger partial charge is 0.407 e. The third-order valence-electron chi connectivity index (χ3n) is 11.3. The summed E-state index contributed by atoms with van der Waals surface area (Å²) >= 11 is 1.67. The van der Waals surface area contributed by atoms with Gasteiger partial charge in [-0.25, -0.2) is 27.9 Å². The number of amides is 3. The number of fused-ring (bicyclic) bond motifs is 6. The van der Waals surface area contributed by atoms with E-state index in [0.29, 0.717) is 18.9 Å². The van der Waals surface area contributed by atoms with E-state index in [-0.39, 0.29) is 35.7 Å². The lowest BCUT2D eigenvalue weighted by molar-refractivity contribution is -0.136. The van der Waals surface area contributed by atoms with Crippen LogP contribution in [0.25, 0.3) is 53.4 Å². The molecule has 0 spiro atoms. The average Bonchev–Trinajstić information content (AvgIpc) is 4.02. The lowest BCUT2D eigenvalue weighted by Crippen LogP contribution is -2.51. The summed E-state index contributed by atoms with van der Waals surface area (Å²) < 4.78 is 32.6. The predicted molar refractivity (Wildman–Crippen MR) is 222 cm³/mol. The Hall–Kier alpha value is -5.06. The highest BCUT2D eigenvalue weighted by Crippen LogP contribution is 2.41. The normalized spacial score (nSPS) is 18.8. The molecule has 6 aromatic rings. The summed E-state index contributed by atoms with van der Waals surface area (Å²) in [5.74, 6) is 0.725. The molecule has 300 valence electrons. The number of carbonyl (C=O) groups is 3. The van der Waals surface area contributed by atoms with E-state index in [9.17, 15) is 22.8 Å². The second-order valence-corrected chi connectivity index (χ2v) is 18.8. The monoisotopic (exact) mass is 812 g/mol. The van der Waals surface area contributed by atoms with Crippen LogP contribution in [0, 0.1) is 11.8 Å². The van der Waals surface area contributed by atoms with E-state index < -0.39 is 28.2 Å².